The molecular weight excluding hydrogens is 330 g/mol. The number of carbonyl (C=O) groups is 2. The summed E-state index contributed by atoms with van der Waals surface area (Å²) in [6.45, 7) is 6.99. The molecule has 1 N–H and O–H groups in total. The van der Waals surface area contributed by atoms with Crippen LogP contribution in [0.2, 0.25) is 0 Å². The summed E-state index contributed by atoms with van der Waals surface area (Å²) in [5, 5.41) is 3.10. The normalized spacial score (nSPS) is 29.6. The van der Waals surface area contributed by atoms with Gasteiger partial charge in [0.1, 0.15) is 6.04 Å². The molecule has 0 radical (unpaired) electrons. The molecule has 0 aliphatic carbocycles. The molecule has 7 nitrogen and oxygen atoms in total. The van der Waals surface area contributed by atoms with Crippen LogP contribution in [0.25, 0.3) is 0 Å². The van der Waals surface area contributed by atoms with E-state index >= 15 is 0 Å². The van der Waals surface area contributed by atoms with Crippen molar-refractivity contribution >= 4 is 23.6 Å². The van der Waals surface area contributed by atoms with Crippen molar-refractivity contribution in [1.29, 1.82) is 0 Å². The summed E-state index contributed by atoms with van der Waals surface area (Å²) in [6.07, 6.45) is 1.04. The van der Waals surface area contributed by atoms with Gasteiger partial charge in [0.25, 0.3) is 0 Å². The Balaban J connectivity index is 1.58. The summed E-state index contributed by atoms with van der Waals surface area (Å²) < 4.78 is 11.0. The van der Waals surface area contributed by atoms with Crippen molar-refractivity contribution in [2.75, 3.05) is 57.7 Å². The van der Waals surface area contributed by atoms with E-state index in [2.05, 4.69) is 10.2 Å². The van der Waals surface area contributed by atoms with Crippen molar-refractivity contribution in [1.82, 2.24) is 15.1 Å². The van der Waals surface area contributed by atoms with Crippen LogP contribution >= 0.6 is 11.8 Å². The highest BCUT2D eigenvalue weighted by Gasteiger charge is 2.35. The van der Waals surface area contributed by atoms with E-state index in [1.165, 1.54) is 6.92 Å². The van der Waals surface area contributed by atoms with Gasteiger partial charge in [-0.3, -0.25) is 14.5 Å². The maximum Gasteiger partial charge on any atom is 0.243 e. The predicted molar refractivity (Wildman–Crippen MR) is 91.7 cm³/mol. The molecule has 3 saturated heterocycles. The highest BCUT2D eigenvalue weighted by atomic mass is 32.2. The molecule has 8 heteroatoms. The molecule has 3 aliphatic rings. The molecule has 0 aromatic rings. The first kappa shape index (κ1) is 18.0. The molecule has 3 fully saturated rings. The van der Waals surface area contributed by atoms with Gasteiger partial charge in [-0.05, 0) is 6.42 Å². The molecule has 24 heavy (non-hydrogen) atoms. The van der Waals surface area contributed by atoms with Crippen molar-refractivity contribution in [3.63, 3.8) is 0 Å². The predicted octanol–water partition coefficient (Wildman–Crippen LogP) is -0.239. The number of hydrogen-bond acceptors (Lipinski definition) is 6. The first-order chi connectivity index (χ1) is 11.7. The van der Waals surface area contributed by atoms with Gasteiger partial charge in [0, 0.05) is 50.9 Å². The Morgan fingerprint density at radius 1 is 1.25 bits per heavy atom. The zero-order valence-electron chi connectivity index (χ0n) is 14.2. The van der Waals surface area contributed by atoms with E-state index in [4.69, 9.17) is 9.47 Å². The lowest BCUT2D eigenvalue weighted by Crippen LogP contribution is -2.54. The monoisotopic (exact) mass is 357 g/mol. The largest absolute Gasteiger partial charge is 0.381 e. The van der Waals surface area contributed by atoms with Gasteiger partial charge in [0.05, 0.1) is 25.7 Å². The van der Waals surface area contributed by atoms with E-state index in [1.54, 1.807) is 16.7 Å². The standard InChI is InChI=1S/C16H27N3O4S/c1-12(20)19-11-24-10-15(19)16(21)17-8-14(13-2-5-23-9-13)18-3-6-22-7-4-18/h13-15H,2-11H2,1H3,(H,17,21)/t13-,14-,15+/m0/s1. The molecule has 3 rings (SSSR count). The molecule has 0 spiro atoms. The maximum atomic E-state index is 12.6. The van der Waals surface area contributed by atoms with Crippen LogP contribution in [0, 0.1) is 5.92 Å². The first-order valence-electron chi connectivity index (χ1n) is 8.69. The lowest BCUT2D eigenvalue weighted by atomic mass is 9.96. The Hall–Kier alpha value is -0.830. The highest BCUT2D eigenvalue weighted by Crippen LogP contribution is 2.23. The fourth-order valence-electron chi connectivity index (χ4n) is 3.65. The second-order valence-corrected chi connectivity index (χ2v) is 7.59. The lowest BCUT2D eigenvalue weighted by molar-refractivity contribution is -0.136. The molecule has 0 aromatic heterocycles. The SMILES string of the molecule is CC(=O)N1CSC[C@@H]1C(=O)NC[C@@H]([C@H]1CCOC1)N1CCOCC1. The minimum absolute atomic E-state index is 0.0333. The Labute approximate surface area is 147 Å². The van der Waals surface area contributed by atoms with Gasteiger partial charge in [-0.2, -0.15) is 0 Å². The topological polar surface area (TPSA) is 71.1 Å². The number of rotatable bonds is 5. The van der Waals surface area contributed by atoms with E-state index in [9.17, 15) is 9.59 Å². The average molecular weight is 357 g/mol. The molecule has 3 aliphatic heterocycles. The number of hydrogen-bond donors (Lipinski definition) is 1. The highest BCUT2D eigenvalue weighted by molar-refractivity contribution is 7.99. The number of ether oxygens (including phenoxy) is 2. The minimum atomic E-state index is -0.335. The number of amides is 2. The van der Waals surface area contributed by atoms with Gasteiger partial charge in [0.2, 0.25) is 11.8 Å². The van der Waals surface area contributed by atoms with Crippen LogP contribution in [0.5, 0.6) is 0 Å². The van der Waals surface area contributed by atoms with E-state index in [1.807, 2.05) is 0 Å². The molecule has 3 atom stereocenters. The zero-order valence-corrected chi connectivity index (χ0v) is 15.1. The molecule has 0 saturated carbocycles. The molecule has 136 valence electrons. The smallest absolute Gasteiger partial charge is 0.243 e. The summed E-state index contributed by atoms with van der Waals surface area (Å²) in [4.78, 5) is 28.3. The number of nitrogens with zero attached hydrogens (tertiary/aromatic N) is 2. The summed E-state index contributed by atoms with van der Waals surface area (Å²) in [5.74, 6) is 1.67. The Kier molecular flexibility index (Phi) is 6.37. The van der Waals surface area contributed by atoms with E-state index in [0.717, 1.165) is 45.9 Å². The third-order valence-corrected chi connectivity index (χ3v) is 6.11. The molecule has 0 aromatic carbocycles. The second kappa shape index (κ2) is 8.51. The Morgan fingerprint density at radius 2 is 2.04 bits per heavy atom. The fraction of sp³-hybridized carbons (Fsp3) is 0.875. The quantitative estimate of drug-likeness (QED) is 0.732. The third kappa shape index (κ3) is 4.22. The van der Waals surface area contributed by atoms with Crippen LogP contribution in [-0.2, 0) is 19.1 Å². The molecular formula is C16H27N3O4S. The van der Waals surface area contributed by atoms with Crippen LogP contribution in [0.3, 0.4) is 0 Å². The Bertz CT molecular complexity index is 453. The van der Waals surface area contributed by atoms with Crippen LogP contribution in [-0.4, -0.2) is 91.4 Å². The first-order valence-corrected chi connectivity index (χ1v) is 9.84. The van der Waals surface area contributed by atoms with Gasteiger partial charge in [-0.25, -0.2) is 0 Å². The van der Waals surface area contributed by atoms with Crippen LogP contribution in [0.15, 0.2) is 0 Å². The van der Waals surface area contributed by atoms with Crippen LogP contribution in [0.1, 0.15) is 13.3 Å². The van der Waals surface area contributed by atoms with E-state index in [-0.39, 0.29) is 23.9 Å². The van der Waals surface area contributed by atoms with Crippen molar-refractivity contribution in [2.45, 2.75) is 25.4 Å². The lowest BCUT2D eigenvalue weighted by Gasteiger charge is -2.37. The number of carbonyl (C=O) groups excluding carboxylic acids is 2. The van der Waals surface area contributed by atoms with Gasteiger partial charge in [-0.1, -0.05) is 0 Å². The summed E-state index contributed by atoms with van der Waals surface area (Å²) >= 11 is 1.63. The van der Waals surface area contributed by atoms with Crippen LogP contribution < -0.4 is 5.32 Å². The summed E-state index contributed by atoms with van der Waals surface area (Å²) in [7, 11) is 0. The van der Waals surface area contributed by atoms with Crippen molar-refractivity contribution < 1.29 is 19.1 Å². The van der Waals surface area contributed by atoms with Crippen molar-refractivity contribution in [2.24, 2.45) is 5.92 Å². The van der Waals surface area contributed by atoms with Gasteiger partial charge >= 0.3 is 0 Å². The average Bonchev–Trinajstić information content (AvgIpc) is 3.27. The van der Waals surface area contributed by atoms with E-state index in [0.29, 0.717) is 24.1 Å². The van der Waals surface area contributed by atoms with Crippen LogP contribution in [0.4, 0.5) is 0 Å². The Morgan fingerprint density at radius 3 is 2.71 bits per heavy atom. The van der Waals surface area contributed by atoms with Crippen molar-refractivity contribution in [3.8, 4) is 0 Å². The van der Waals surface area contributed by atoms with E-state index < -0.39 is 0 Å². The maximum absolute atomic E-state index is 12.6. The molecule has 0 unspecified atom stereocenters. The second-order valence-electron chi connectivity index (χ2n) is 6.59. The minimum Gasteiger partial charge on any atom is -0.381 e. The fourth-order valence-corrected chi connectivity index (χ4v) is 4.87. The zero-order chi connectivity index (χ0) is 16.9. The molecule has 0 bridgehead atoms. The summed E-state index contributed by atoms with van der Waals surface area (Å²) in [6, 6.07) is -0.0575. The van der Waals surface area contributed by atoms with Gasteiger partial charge in [-0.15, -0.1) is 11.8 Å². The third-order valence-electron chi connectivity index (χ3n) is 5.10. The molecule has 3 heterocycles. The number of morpholine rings is 1. The van der Waals surface area contributed by atoms with Crippen molar-refractivity contribution in [3.05, 3.63) is 0 Å². The summed E-state index contributed by atoms with van der Waals surface area (Å²) in [5.41, 5.74) is 0. The number of thioether (sulfide) groups is 1. The van der Waals surface area contributed by atoms with Gasteiger partial charge < -0.3 is 19.7 Å². The van der Waals surface area contributed by atoms with Gasteiger partial charge in [0.15, 0.2) is 0 Å². The molecule has 2 amide bonds. The number of nitrogens with one attached hydrogen (secondary N) is 1.